The highest BCUT2D eigenvalue weighted by atomic mass is 16.3. The maximum Gasteiger partial charge on any atom is 0.130 e. The highest BCUT2D eigenvalue weighted by Crippen LogP contribution is 2.18. The molecule has 112 valence electrons. The molecule has 4 nitrogen and oxygen atoms in total. The highest BCUT2D eigenvalue weighted by Gasteiger charge is 2.06. The van der Waals surface area contributed by atoms with Crippen LogP contribution in [0.1, 0.15) is 40.7 Å². The number of nitrogens with one attached hydrogen (secondary N) is 1. The van der Waals surface area contributed by atoms with Crippen molar-refractivity contribution in [3.8, 4) is 0 Å². The number of aliphatic hydroxyl groups is 1. The molecule has 0 unspecified atom stereocenters. The van der Waals surface area contributed by atoms with Crippen molar-refractivity contribution in [2.75, 3.05) is 5.32 Å². The Kier molecular flexibility index (Phi) is 4.91. The average Bonchev–Trinajstić information content (AvgIpc) is 2.45. The van der Waals surface area contributed by atoms with Crippen molar-refractivity contribution in [3.63, 3.8) is 0 Å². The van der Waals surface area contributed by atoms with Crippen LogP contribution >= 0.6 is 0 Å². The van der Waals surface area contributed by atoms with Crippen molar-refractivity contribution >= 4 is 5.82 Å². The maximum absolute atomic E-state index is 9.24. The van der Waals surface area contributed by atoms with Gasteiger partial charge in [-0.3, -0.25) is 0 Å². The molecular weight excluding hydrogens is 262 g/mol. The van der Waals surface area contributed by atoms with Crippen LogP contribution in [-0.2, 0) is 19.6 Å². The number of aliphatic hydroxyl groups excluding tert-OH is 1. The molecule has 0 spiro atoms. The molecule has 4 heteroatoms. The third-order valence-corrected chi connectivity index (χ3v) is 3.64. The van der Waals surface area contributed by atoms with E-state index in [4.69, 9.17) is 0 Å². The first-order valence-electron chi connectivity index (χ1n) is 7.31. The van der Waals surface area contributed by atoms with Crippen LogP contribution in [-0.4, -0.2) is 15.1 Å². The van der Waals surface area contributed by atoms with Gasteiger partial charge in [0, 0.05) is 18.3 Å². The second-order valence-electron chi connectivity index (χ2n) is 5.37. The predicted octanol–water partition coefficient (Wildman–Crippen LogP) is 3.07. The van der Waals surface area contributed by atoms with Crippen molar-refractivity contribution in [2.45, 2.75) is 47.3 Å². The molecule has 21 heavy (non-hydrogen) atoms. The van der Waals surface area contributed by atoms with Crippen LogP contribution in [0.15, 0.2) is 18.2 Å². The fourth-order valence-corrected chi connectivity index (χ4v) is 2.53. The summed E-state index contributed by atoms with van der Waals surface area (Å²) in [6.45, 7) is 8.96. The minimum atomic E-state index is 0.0837. The topological polar surface area (TPSA) is 58.0 Å². The predicted molar refractivity (Wildman–Crippen MR) is 85.3 cm³/mol. The van der Waals surface area contributed by atoms with Crippen molar-refractivity contribution in [1.82, 2.24) is 9.97 Å². The minimum absolute atomic E-state index is 0.0837. The fourth-order valence-electron chi connectivity index (χ4n) is 2.53. The summed E-state index contributed by atoms with van der Waals surface area (Å²) in [4.78, 5) is 8.81. The van der Waals surface area contributed by atoms with Crippen LogP contribution in [0.2, 0.25) is 0 Å². The number of anilines is 1. The summed E-state index contributed by atoms with van der Waals surface area (Å²) in [6.07, 6.45) is 0.904. The quantitative estimate of drug-likeness (QED) is 0.886. The standard InChI is InChI=1S/C17H23N3O/c1-5-15-8-17(20-13(4)19-15)18-9-16-11(2)6-14(10-21)7-12(16)3/h6-8,21H,5,9-10H2,1-4H3,(H,18,19,20). The van der Waals surface area contributed by atoms with Gasteiger partial charge in [-0.05, 0) is 49.4 Å². The van der Waals surface area contributed by atoms with E-state index in [1.54, 1.807) is 0 Å². The number of hydrogen-bond donors (Lipinski definition) is 2. The van der Waals surface area contributed by atoms with Crippen LogP contribution in [0.4, 0.5) is 5.82 Å². The second-order valence-corrected chi connectivity index (χ2v) is 5.37. The molecule has 0 aliphatic rings. The van der Waals surface area contributed by atoms with Gasteiger partial charge in [0.25, 0.3) is 0 Å². The average molecular weight is 285 g/mol. The SMILES string of the molecule is CCc1cc(NCc2c(C)cc(CO)cc2C)nc(C)n1. The Labute approximate surface area is 126 Å². The van der Waals surface area contributed by atoms with Gasteiger partial charge in [0.05, 0.1) is 6.61 Å². The van der Waals surface area contributed by atoms with Gasteiger partial charge in [-0.2, -0.15) is 0 Å². The molecule has 2 rings (SSSR count). The molecule has 0 amide bonds. The Morgan fingerprint density at radius 1 is 1.05 bits per heavy atom. The van der Waals surface area contributed by atoms with Gasteiger partial charge in [0.2, 0.25) is 0 Å². The Bertz CT molecular complexity index is 615. The van der Waals surface area contributed by atoms with Crippen molar-refractivity contribution in [2.24, 2.45) is 0 Å². The summed E-state index contributed by atoms with van der Waals surface area (Å²) in [5, 5.41) is 12.6. The minimum Gasteiger partial charge on any atom is -0.392 e. The van der Waals surface area contributed by atoms with E-state index in [0.717, 1.165) is 35.9 Å². The van der Waals surface area contributed by atoms with E-state index < -0.39 is 0 Å². The molecule has 0 saturated carbocycles. The lowest BCUT2D eigenvalue weighted by Gasteiger charge is -2.14. The number of benzene rings is 1. The summed E-state index contributed by atoms with van der Waals surface area (Å²) in [7, 11) is 0. The van der Waals surface area contributed by atoms with Gasteiger partial charge < -0.3 is 10.4 Å². The van der Waals surface area contributed by atoms with Crippen LogP contribution < -0.4 is 5.32 Å². The van der Waals surface area contributed by atoms with Crippen LogP contribution in [0.3, 0.4) is 0 Å². The smallest absolute Gasteiger partial charge is 0.130 e. The van der Waals surface area contributed by atoms with E-state index in [9.17, 15) is 5.11 Å². The molecule has 0 aliphatic carbocycles. The summed E-state index contributed by atoms with van der Waals surface area (Å²) in [6, 6.07) is 6.07. The lowest BCUT2D eigenvalue weighted by Crippen LogP contribution is -2.07. The highest BCUT2D eigenvalue weighted by molar-refractivity contribution is 5.42. The molecule has 2 N–H and O–H groups in total. The molecule has 2 aromatic rings. The van der Waals surface area contributed by atoms with Gasteiger partial charge in [0.1, 0.15) is 11.6 Å². The number of aryl methyl sites for hydroxylation is 4. The summed E-state index contributed by atoms with van der Waals surface area (Å²) in [5.41, 5.74) is 5.64. The van der Waals surface area contributed by atoms with Gasteiger partial charge >= 0.3 is 0 Å². The Morgan fingerprint density at radius 3 is 2.29 bits per heavy atom. The second kappa shape index (κ2) is 6.68. The van der Waals surface area contributed by atoms with Gasteiger partial charge in [-0.15, -0.1) is 0 Å². The molecule has 1 heterocycles. The third-order valence-electron chi connectivity index (χ3n) is 3.64. The van der Waals surface area contributed by atoms with Crippen LogP contribution in [0, 0.1) is 20.8 Å². The zero-order chi connectivity index (χ0) is 15.4. The van der Waals surface area contributed by atoms with E-state index in [1.807, 2.05) is 25.1 Å². The van der Waals surface area contributed by atoms with Gasteiger partial charge in [-0.1, -0.05) is 19.1 Å². The first-order chi connectivity index (χ1) is 10.0. The van der Waals surface area contributed by atoms with E-state index in [0.29, 0.717) is 0 Å². The molecule has 0 radical (unpaired) electrons. The lowest BCUT2D eigenvalue weighted by molar-refractivity contribution is 0.281. The number of hydrogen-bond acceptors (Lipinski definition) is 4. The Balaban J connectivity index is 2.18. The molecular formula is C17H23N3O. The van der Waals surface area contributed by atoms with E-state index in [1.165, 1.54) is 16.7 Å². The Hall–Kier alpha value is -1.94. The molecule has 0 atom stereocenters. The van der Waals surface area contributed by atoms with E-state index >= 15 is 0 Å². The van der Waals surface area contributed by atoms with Crippen molar-refractivity contribution in [1.29, 1.82) is 0 Å². The van der Waals surface area contributed by atoms with Gasteiger partial charge in [0.15, 0.2) is 0 Å². The van der Waals surface area contributed by atoms with Crippen LogP contribution in [0.25, 0.3) is 0 Å². The molecule has 0 fully saturated rings. The molecule has 0 aliphatic heterocycles. The Morgan fingerprint density at radius 2 is 1.71 bits per heavy atom. The van der Waals surface area contributed by atoms with Crippen molar-refractivity contribution in [3.05, 3.63) is 52.0 Å². The fraction of sp³-hybridized carbons (Fsp3) is 0.412. The zero-order valence-electron chi connectivity index (χ0n) is 13.2. The first-order valence-corrected chi connectivity index (χ1v) is 7.31. The zero-order valence-corrected chi connectivity index (χ0v) is 13.2. The first kappa shape index (κ1) is 15.4. The molecule has 1 aromatic heterocycles. The molecule has 0 saturated heterocycles. The summed E-state index contributed by atoms with van der Waals surface area (Å²) < 4.78 is 0. The summed E-state index contributed by atoms with van der Waals surface area (Å²) in [5.74, 6) is 1.66. The van der Waals surface area contributed by atoms with Crippen molar-refractivity contribution < 1.29 is 5.11 Å². The third kappa shape index (κ3) is 3.79. The van der Waals surface area contributed by atoms with Gasteiger partial charge in [-0.25, -0.2) is 9.97 Å². The summed E-state index contributed by atoms with van der Waals surface area (Å²) >= 11 is 0. The molecule has 1 aromatic carbocycles. The lowest BCUT2D eigenvalue weighted by atomic mass is 9.99. The number of nitrogens with zero attached hydrogens (tertiary/aromatic N) is 2. The van der Waals surface area contributed by atoms with E-state index in [-0.39, 0.29) is 6.61 Å². The number of rotatable bonds is 5. The number of aromatic nitrogens is 2. The van der Waals surface area contributed by atoms with E-state index in [2.05, 4.69) is 36.1 Å². The monoisotopic (exact) mass is 285 g/mol. The maximum atomic E-state index is 9.24. The van der Waals surface area contributed by atoms with Crippen LogP contribution in [0.5, 0.6) is 0 Å². The normalized spacial score (nSPS) is 10.7. The largest absolute Gasteiger partial charge is 0.392 e. The molecule has 0 bridgehead atoms.